The summed E-state index contributed by atoms with van der Waals surface area (Å²) < 4.78 is 23.0. The van der Waals surface area contributed by atoms with E-state index in [1.54, 1.807) is 36.4 Å². The molecule has 0 saturated carbocycles. The first kappa shape index (κ1) is 20.1. The number of carbonyl (C=O) groups is 2. The van der Waals surface area contributed by atoms with Gasteiger partial charge < -0.3 is 16.0 Å². The van der Waals surface area contributed by atoms with E-state index < -0.39 is 21.8 Å². The highest BCUT2D eigenvalue weighted by Gasteiger charge is 2.11. The second-order valence-electron chi connectivity index (χ2n) is 6.28. The molecule has 0 spiro atoms. The predicted molar refractivity (Wildman–Crippen MR) is 113 cm³/mol. The summed E-state index contributed by atoms with van der Waals surface area (Å²) in [6, 6.07) is 21.0. The largest absolute Gasteiger partial charge is 0.323 e. The molecule has 3 rings (SSSR count). The Labute approximate surface area is 168 Å². The first-order valence-electron chi connectivity index (χ1n) is 8.66. The topological polar surface area (TPSA) is 104 Å². The van der Waals surface area contributed by atoms with Gasteiger partial charge in [-0.25, -0.2) is 13.2 Å². The third-order valence-electron chi connectivity index (χ3n) is 3.95. The summed E-state index contributed by atoms with van der Waals surface area (Å²) in [6.45, 7) is 0. The standard InChI is InChI=1S/C21H19N3O4S/c1-29(27,28)19-12-10-15(11-13-19)20(25)22-17-8-5-9-18(14-17)24-21(26)23-16-6-3-2-4-7-16/h2-14H,1H3,(H,22,25)(H2,23,24,26). The zero-order valence-electron chi connectivity index (χ0n) is 15.5. The molecule has 0 heterocycles. The van der Waals surface area contributed by atoms with Gasteiger partial charge in [-0.3, -0.25) is 4.79 Å². The van der Waals surface area contributed by atoms with E-state index in [-0.39, 0.29) is 4.90 Å². The van der Waals surface area contributed by atoms with Crippen molar-refractivity contribution in [2.24, 2.45) is 0 Å². The van der Waals surface area contributed by atoms with Gasteiger partial charge in [-0.2, -0.15) is 0 Å². The van der Waals surface area contributed by atoms with Crippen molar-refractivity contribution in [1.29, 1.82) is 0 Å². The number of benzene rings is 3. The van der Waals surface area contributed by atoms with E-state index in [0.29, 0.717) is 22.6 Å². The van der Waals surface area contributed by atoms with Crippen LogP contribution in [0.4, 0.5) is 21.9 Å². The quantitative estimate of drug-likeness (QED) is 0.593. The third kappa shape index (κ3) is 5.66. The summed E-state index contributed by atoms with van der Waals surface area (Å²) >= 11 is 0. The summed E-state index contributed by atoms with van der Waals surface area (Å²) in [6.07, 6.45) is 1.11. The van der Waals surface area contributed by atoms with Gasteiger partial charge in [0, 0.05) is 28.9 Å². The van der Waals surface area contributed by atoms with Crippen molar-refractivity contribution >= 4 is 38.8 Å². The minimum absolute atomic E-state index is 0.143. The van der Waals surface area contributed by atoms with Gasteiger partial charge >= 0.3 is 6.03 Å². The molecule has 0 saturated heterocycles. The Morgan fingerprint density at radius 1 is 0.690 bits per heavy atom. The molecule has 0 unspecified atom stereocenters. The van der Waals surface area contributed by atoms with Gasteiger partial charge in [0.25, 0.3) is 5.91 Å². The molecule has 0 fully saturated rings. The van der Waals surface area contributed by atoms with Crippen LogP contribution in [0.2, 0.25) is 0 Å². The molecule has 8 heteroatoms. The van der Waals surface area contributed by atoms with Gasteiger partial charge in [-0.1, -0.05) is 24.3 Å². The number of para-hydroxylation sites is 1. The highest BCUT2D eigenvalue weighted by Crippen LogP contribution is 2.17. The van der Waals surface area contributed by atoms with Crippen LogP contribution >= 0.6 is 0 Å². The van der Waals surface area contributed by atoms with Crippen LogP contribution in [0.3, 0.4) is 0 Å². The van der Waals surface area contributed by atoms with Crippen LogP contribution in [-0.2, 0) is 9.84 Å². The first-order chi connectivity index (χ1) is 13.8. The molecular formula is C21H19N3O4S. The second-order valence-corrected chi connectivity index (χ2v) is 8.29. The lowest BCUT2D eigenvalue weighted by Gasteiger charge is -2.10. The molecule has 29 heavy (non-hydrogen) atoms. The zero-order valence-corrected chi connectivity index (χ0v) is 16.4. The van der Waals surface area contributed by atoms with Crippen LogP contribution < -0.4 is 16.0 Å². The molecule has 3 aromatic carbocycles. The fourth-order valence-corrected chi connectivity index (χ4v) is 3.18. The number of urea groups is 1. The van der Waals surface area contributed by atoms with Crippen molar-refractivity contribution in [1.82, 2.24) is 0 Å². The number of carbonyl (C=O) groups excluding carboxylic acids is 2. The second kappa shape index (κ2) is 8.57. The zero-order chi connectivity index (χ0) is 20.9. The number of anilines is 3. The van der Waals surface area contributed by atoms with Gasteiger partial charge in [-0.15, -0.1) is 0 Å². The fourth-order valence-electron chi connectivity index (χ4n) is 2.55. The smallest absolute Gasteiger partial charge is 0.322 e. The summed E-state index contributed by atoms with van der Waals surface area (Å²) in [5.74, 6) is -0.393. The molecule has 3 amide bonds. The highest BCUT2D eigenvalue weighted by atomic mass is 32.2. The molecular weight excluding hydrogens is 390 g/mol. The van der Waals surface area contributed by atoms with Gasteiger partial charge in [0.15, 0.2) is 9.84 Å². The Hall–Kier alpha value is -3.65. The highest BCUT2D eigenvalue weighted by molar-refractivity contribution is 7.90. The summed E-state index contributed by atoms with van der Waals surface area (Å²) in [4.78, 5) is 24.6. The van der Waals surface area contributed by atoms with Crippen molar-refractivity contribution in [3.8, 4) is 0 Å². The minimum atomic E-state index is -3.32. The number of sulfone groups is 1. The third-order valence-corrected chi connectivity index (χ3v) is 5.08. The van der Waals surface area contributed by atoms with Crippen LogP contribution in [-0.4, -0.2) is 26.6 Å². The lowest BCUT2D eigenvalue weighted by atomic mass is 10.2. The van der Waals surface area contributed by atoms with Crippen molar-refractivity contribution in [3.05, 3.63) is 84.4 Å². The molecule has 0 aliphatic carbocycles. The van der Waals surface area contributed by atoms with Gasteiger partial charge in [0.1, 0.15) is 0 Å². The summed E-state index contributed by atoms with van der Waals surface area (Å²) in [5, 5.41) is 8.13. The van der Waals surface area contributed by atoms with E-state index in [9.17, 15) is 18.0 Å². The Balaban J connectivity index is 1.64. The average Bonchev–Trinajstić information content (AvgIpc) is 2.68. The number of rotatable bonds is 5. The molecule has 0 radical (unpaired) electrons. The van der Waals surface area contributed by atoms with Crippen molar-refractivity contribution in [3.63, 3.8) is 0 Å². The summed E-state index contributed by atoms with van der Waals surface area (Å²) in [5.41, 5.74) is 1.97. The van der Waals surface area contributed by atoms with Gasteiger partial charge in [0.2, 0.25) is 0 Å². The van der Waals surface area contributed by atoms with Crippen LogP contribution in [0, 0.1) is 0 Å². The molecule has 0 atom stereocenters. The van der Waals surface area contributed by atoms with E-state index in [2.05, 4.69) is 16.0 Å². The SMILES string of the molecule is CS(=O)(=O)c1ccc(C(=O)Nc2cccc(NC(=O)Nc3ccccc3)c2)cc1. The lowest BCUT2D eigenvalue weighted by molar-refractivity contribution is 0.102. The number of hydrogen-bond donors (Lipinski definition) is 3. The maximum absolute atomic E-state index is 12.4. The normalized spacial score (nSPS) is 10.8. The Kier molecular flexibility index (Phi) is 5.94. The maximum Gasteiger partial charge on any atom is 0.323 e. The van der Waals surface area contributed by atoms with E-state index in [1.165, 1.54) is 24.3 Å². The maximum atomic E-state index is 12.4. The molecule has 0 bridgehead atoms. The van der Waals surface area contributed by atoms with Crippen LogP contribution in [0.5, 0.6) is 0 Å². The Bertz CT molecular complexity index is 1130. The van der Waals surface area contributed by atoms with Crippen molar-refractivity contribution in [2.45, 2.75) is 4.90 Å². The minimum Gasteiger partial charge on any atom is -0.322 e. The molecule has 3 aromatic rings. The number of nitrogens with one attached hydrogen (secondary N) is 3. The first-order valence-corrected chi connectivity index (χ1v) is 10.5. The number of hydrogen-bond acceptors (Lipinski definition) is 4. The van der Waals surface area contributed by atoms with Gasteiger partial charge in [-0.05, 0) is 54.6 Å². The van der Waals surface area contributed by atoms with E-state index in [0.717, 1.165) is 6.26 Å². The molecule has 7 nitrogen and oxygen atoms in total. The fraction of sp³-hybridized carbons (Fsp3) is 0.0476. The molecule has 3 N–H and O–H groups in total. The molecule has 0 aliphatic rings. The van der Waals surface area contributed by atoms with E-state index in [4.69, 9.17) is 0 Å². The predicted octanol–water partition coefficient (Wildman–Crippen LogP) is 3.99. The Morgan fingerprint density at radius 3 is 1.86 bits per heavy atom. The molecule has 0 aromatic heterocycles. The van der Waals surface area contributed by atoms with E-state index in [1.807, 2.05) is 18.2 Å². The van der Waals surface area contributed by atoms with Crippen molar-refractivity contribution < 1.29 is 18.0 Å². The van der Waals surface area contributed by atoms with E-state index >= 15 is 0 Å². The lowest BCUT2D eigenvalue weighted by Crippen LogP contribution is -2.19. The van der Waals surface area contributed by atoms with Crippen molar-refractivity contribution in [2.75, 3.05) is 22.2 Å². The van der Waals surface area contributed by atoms with Crippen LogP contribution in [0.15, 0.2) is 83.8 Å². The monoisotopic (exact) mass is 409 g/mol. The summed E-state index contributed by atoms with van der Waals surface area (Å²) in [7, 11) is -3.32. The number of amides is 3. The van der Waals surface area contributed by atoms with Crippen LogP contribution in [0.25, 0.3) is 0 Å². The molecule has 0 aliphatic heterocycles. The van der Waals surface area contributed by atoms with Crippen LogP contribution in [0.1, 0.15) is 10.4 Å². The van der Waals surface area contributed by atoms with Gasteiger partial charge in [0.05, 0.1) is 4.90 Å². The molecule has 148 valence electrons. The average molecular weight is 409 g/mol. The Morgan fingerprint density at radius 2 is 1.24 bits per heavy atom.